The number of rotatable bonds is 8. The van der Waals surface area contributed by atoms with Gasteiger partial charge in [0.2, 0.25) is 5.75 Å². The van der Waals surface area contributed by atoms with Gasteiger partial charge in [-0.1, -0.05) is 24.3 Å². The van der Waals surface area contributed by atoms with E-state index in [0.717, 1.165) is 31.7 Å². The molecule has 1 N–H and O–H groups in total. The summed E-state index contributed by atoms with van der Waals surface area (Å²) in [5.74, 6) is 2.99. The number of methoxy groups -OCH3 is 2. The summed E-state index contributed by atoms with van der Waals surface area (Å²) in [6, 6.07) is 13.8. The first-order valence-corrected chi connectivity index (χ1v) is 8.61. The highest BCUT2D eigenvalue weighted by atomic mass is 16.5. The topological polar surface area (TPSA) is 49.0 Å². The Bertz CT molecular complexity index is 667. The normalized spacial score (nSPS) is 15.8. The van der Waals surface area contributed by atoms with Crippen molar-refractivity contribution in [2.24, 2.45) is 0 Å². The van der Waals surface area contributed by atoms with Crippen molar-refractivity contribution in [1.29, 1.82) is 0 Å². The average Bonchev–Trinajstić information content (AvgIpc) is 2.67. The highest BCUT2D eigenvalue weighted by Gasteiger charge is 2.18. The lowest BCUT2D eigenvalue weighted by atomic mass is 10.0. The second-order valence-electron chi connectivity index (χ2n) is 5.93. The van der Waals surface area contributed by atoms with E-state index in [4.69, 9.17) is 18.9 Å². The van der Waals surface area contributed by atoms with E-state index in [1.54, 1.807) is 14.2 Å². The standard InChI is InChI=1S/C20H25NO4/c1-22-18-8-5-9-19(23-2)20(18)24-13-12-21-14-16-11-10-15-6-3-4-7-17(15)25-16/h3-9,16,21H,10-14H2,1-2H3/t16-/m0/s1. The van der Waals surface area contributed by atoms with Crippen LogP contribution in [-0.4, -0.2) is 40.0 Å². The number of aryl methyl sites for hydroxylation is 1. The molecule has 0 saturated carbocycles. The molecule has 5 heteroatoms. The molecule has 0 unspecified atom stereocenters. The van der Waals surface area contributed by atoms with Crippen LogP contribution in [0.2, 0.25) is 0 Å². The van der Waals surface area contributed by atoms with Crippen LogP contribution < -0.4 is 24.3 Å². The van der Waals surface area contributed by atoms with E-state index in [1.165, 1.54) is 5.56 Å². The van der Waals surface area contributed by atoms with Gasteiger partial charge in [0.1, 0.15) is 18.5 Å². The number of hydrogen-bond acceptors (Lipinski definition) is 5. The maximum Gasteiger partial charge on any atom is 0.203 e. The number of nitrogens with one attached hydrogen (secondary N) is 1. The first kappa shape index (κ1) is 17.4. The van der Waals surface area contributed by atoms with Crippen LogP contribution in [0.15, 0.2) is 42.5 Å². The third-order valence-corrected chi connectivity index (χ3v) is 4.28. The molecule has 3 rings (SSSR count). The van der Waals surface area contributed by atoms with Crippen molar-refractivity contribution >= 4 is 0 Å². The van der Waals surface area contributed by atoms with Gasteiger partial charge in [0.25, 0.3) is 0 Å². The fourth-order valence-electron chi connectivity index (χ4n) is 2.97. The van der Waals surface area contributed by atoms with Gasteiger partial charge in [-0.3, -0.25) is 0 Å². The predicted octanol–water partition coefficient (Wildman–Crippen LogP) is 3.07. The molecule has 1 atom stereocenters. The Labute approximate surface area is 148 Å². The zero-order valence-corrected chi connectivity index (χ0v) is 14.8. The first-order chi connectivity index (χ1) is 12.3. The Morgan fingerprint density at radius 1 is 1.04 bits per heavy atom. The van der Waals surface area contributed by atoms with Crippen molar-refractivity contribution in [3.8, 4) is 23.0 Å². The van der Waals surface area contributed by atoms with E-state index < -0.39 is 0 Å². The molecule has 0 bridgehead atoms. The average molecular weight is 343 g/mol. The van der Waals surface area contributed by atoms with Gasteiger partial charge in [0, 0.05) is 13.1 Å². The fraction of sp³-hybridized carbons (Fsp3) is 0.400. The largest absolute Gasteiger partial charge is 0.493 e. The summed E-state index contributed by atoms with van der Waals surface area (Å²) < 4.78 is 22.5. The van der Waals surface area contributed by atoms with Crippen LogP contribution in [0.3, 0.4) is 0 Å². The third kappa shape index (κ3) is 4.37. The molecule has 2 aromatic rings. The van der Waals surface area contributed by atoms with E-state index in [-0.39, 0.29) is 6.10 Å². The molecule has 134 valence electrons. The van der Waals surface area contributed by atoms with Crippen molar-refractivity contribution < 1.29 is 18.9 Å². The molecule has 0 aromatic heterocycles. The SMILES string of the molecule is COc1cccc(OC)c1OCCNC[C@@H]1CCc2ccccc2O1. The lowest BCUT2D eigenvalue weighted by Gasteiger charge is -2.26. The highest BCUT2D eigenvalue weighted by molar-refractivity contribution is 5.51. The molecule has 0 fully saturated rings. The fourth-order valence-corrected chi connectivity index (χ4v) is 2.97. The molecule has 1 heterocycles. The summed E-state index contributed by atoms with van der Waals surface area (Å²) in [5.41, 5.74) is 1.30. The first-order valence-electron chi connectivity index (χ1n) is 8.61. The highest BCUT2D eigenvalue weighted by Crippen LogP contribution is 2.36. The number of hydrogen-bond donors (Lipinski definition) is 1. The summed E-state index contributed by atoms with van der Waals surface area (Å²) in [6.07, 6.45) is 2.30. The molecular formula is C20H25NO4. The Hall–Kier alpha value is -2.40. The van der Waals surface area contributed by atoms with Gasteiger partial charge in [0.15, 0.2) is 11.5 Å². The number of benzene rings is 2. The van der Waals surface area contributed by atoms with Gasteiger partial charge in [-0.15, -0.1) is 0 Å². The van der Waals surface area contributed by atoms with Gasteiger partial charge in [0.05, 0.1) is 14.2 Å². The van der Waals surface area contributed by atoms with Crippen LogP contribution in [0.1, 0.15) is 12.0 Å². The van der Waals surface area contributed by atoms with Crippen molar-refractivity contribution in [2.75, 3.05) is 33.9 Å². The van der Waals surface area contributed by atoms with E-state index in [9.17, 15) is 0 Å². The summed E-state index contributed by atoms with van der Waals surface area (Å²) in [6.45, 7) is 2.06. The second kappa shape index (κ2) is 8.62. The van der Waals surface area contributed by atoms with Crippen LogP contribution in [-0.2, 0) is 6.42 Å². The molecule has 2 aromatic carbocycles. The minimum absolute atomic E-state index is 0.204. The van der Waals surface area contributed by atoms with Crippen LogP contribution in [0.25, 0.3) is 0 Å². The van der Waals surface area contributed by atoms with Gasteiger partial charge < -0.3 is 24.3 Å². The minimum Gasteiger partial charge on any atom is -0.493 e. The third-order valence-electron chi connectivity index (χ3n) is 4.28. The Morgan fingerprint density at radius 3 is 2.56 bits per heavy atom. The van der Waals surface area contributed by atoms with Crippen LogP contribution in [0, 0.1) is 0 Å². The van der Waals surface area contributed by atoms with Gasteiger partial charge in [-0.25, -0.2) is 0 Å². The molecule has 0 radical (unpaired) electrons. The van der Waals surface area contributed by atoms with E-state index in [1.807, 2.05) is 30.3 Å². The monoisotopic (exact) mass is 343 g/mol. The zero-order chi connectivity index (χ0) is 17.5. The zero-order valence-electron chi connectivity index (χ0n) is 14.8. The number of fused-ring (bicyclic) bond motifs is 1. The maximum atomic E-state index is 6.03. The van der Waals surface area contributed by atoms with Crippen LogP contribution in [0.4, 0.5) is 0 Å². The van der Waals surface area contributed by atoms with Gasteiger partial charge >= 0.3 is 0 Å². The molecule has 0 aliphatic carbocycles. The van der Waals surface area contributed by atoms with Crippen molar-refractivity contribution in [2.45, 2.75) is 18.9 Å². The summed E-state index contributed by atoms with van der Waals surface area (Å²) in [4.78, 5) is 0. The van der Waals surface area contributed by atoms with Crippen molar-refractivity contribution in [1.82, 2.24) is 5.32 Å². The Balaban J connectivity index is 1.43. The molecule has 1 aliphatic rings. The molecule has 25 heavy (non-hydrogen) atoms. The van der Waals surface area contributed by atoms with E-state index >= 15 is 0 Å². The summed E-state index contributed by atoms with van der Waals surface area (Å²) in [7, 11) is 3.25. The molecule has 0 spiro atoms. The maximum absolute atomic E-state index is 6.03. The molecular weight excluding hydrogens is 318 g/mol. The number of ether oxygens (including phenoxy) is 4. The van der Waals surface area contributed by atoms with Crippen LogP contribution >= 0.6 is 0 Å². The number of para-hydroxylation sites is 2. The quantitative estimate of drug-likeness (QED) is 0.747. The van der Waals surface area contributed by atoms with Crippen LogP contribution in [0.5, 0.6) is 23.0 Å². The molecule has 0 amide bonds. The summed E-state index contributed by atoms with van der Waals surface area (Å²) in [5, 5.41) is 3.40. The van der Waals surface area contributed by atoms with Gasteiger partial charge in [-0.05, 0) is 36.6 Å². The lowest BCUT2D eigenvalue weighted by Crippen LogP contribution is -2.35. The minimum atomic E-state index is 0.204. The Kier molecular flexibility index (Phi) is 6.01. The predicted molar refractivity (Wildman–Crippen MR) is 97.1 cm³/mol. The smallest absolute Gasteiger partial charge is 0.203 e. The molecule has 1 aliphatic heterocycles. The summed E-state index contributed by atoms with van der Waals surface area (Å²) >= 11 is 0. The Morgan fingerprint density at radius 2 is 1.80 bits per heavy atom. The molecule has 0 saturated heterocycles. The van der Waals surface area contributed by atoms with Crippen molar-refractivity contribution in [3.63, 3.8) is 0 Å². The lowest BCUT2D eigenvalue weighted by molar-refractivity contribution is 0.167. The van der Waals surface area contributed by atoms with Crippen molar-refractivity contribution in [3.05, 3.63) is 48.0 Å². The van der Waals surface area contributed by atoms with E-state index in [2.05, 4.69) is 17.4 Å². The molecule has 5 nitrogen and oxygen atoms in total. The van der Waals surface area contributed by atoms with Gasteiger partial charge in [-0.2, -0.15) is 0 Å². The second-order valence-corrected chi connectivity index (χ2v) is 5.93. The van der Waals surface area contributed by atoms with E-state index in [0.29, 0.717) is 23.9 Å².